The van der Waals surface area contributed by atoms with Gasteiger partial charge in [-0.3, -0.25) is 14.0 Å². The van der Waals surface area contributed by atoms with Crippen LogP contribution in [0.5, 0.6) is 5.88 Å². The van der Waals surface area contributed by atoms with Gasteiger partial charge in [0.2, 0.25) is 11.1 Å². The summed E-state index contributed by atoms with van der Waals surface area (Å²) in [5, 5.41) is 0. The fourth-order valence-electron chi connectivity index (χ4n) is 3.92. The van der Waals surface area contributed by atoms with Crippen LogP contribution in [0, 0.1) is 0 Å². The predicted molar refractivity (Wildman–Crippen MR) is 110 cm³/mol. The van der Waals surface area contributed by atoms with Crippen LogP contribution in [-0.4, -0.2) is 52.3 Å². The summed E-state index contributed by atoms with van der Waals surface area (Å²) in [6, 6.07) is 6.83. The summed E-state index contributed by atoms with van der Waals surface area (Å²) >= 11 is 0. The molecule has 2 aromatic heterocycles. The number of hydrogen-bond acceptors (Lipinski definition) is 9. The van der Waals surface area contributed by atoms with Crippen molar-refractivity contribution in [3.05, 3.63) is 47.9 Å². The molecule has 0 N–H and O–H groups in total. The smallest absolute Gasteiger partial charge is 0.465 e. The van der Waals surface area contributed by atoms with Crippen molar-refractivity contribution in [1.29, 1.82) is 0 Å². The van der Waals surface area contributed by atoms with Crippen molar-refractivity contribution in [2.24, 2.45) is 0 Å². The number of imidazole rings is 1. The number of fused-ring (bicyclic) bond motifs is 5. The number of carbonyl (C=O) groups excluding carboxylic acids is 3. The lowest BCUT2D eigenvalue weighted by Gasteiger charge is -2.27. The number of nitrogens with zero attached hydrogens (tertiary/aromatic N) is 3. The molecule has 0 saturated heterocycles. The van der Waals surface area contributed by atoms with Crippen LogP contribution in [0.3, 0.4) is 0 Å². The second-order valence-corrected chi connectivity index (χ2v) is 6.76. The number of benzene rings is 1. The third-order valence-electron chi connectivity index (χ3n) is 5.06. The van der Waals surface area contributed by atoms with E-state index in [1.807, 2.05) is 0 Å². The number of rotatable bonds is 6. The lowest BCUT2D eigenvalue weighted by Crippen LogP contribution is -2.47. The average molecular weight is 439 g/mol. The van der Waals surface area contributed by atoms with Crippen LogP contribution < -0.4 is 4.74 Å². The quantitative estimate of drug-likeness (QED) is 0.324. The van der Waals surface area contributed by atoms with E-state index in [9.17, 15) is 14.4 Å². The van der Waals surface area contributed by atoms with Gasteiger partial charge >= 0.3 is 18.1 Å². The Balaban J connectivity index is 2.07. The molecule has 4 rings (SSSR count). The van der Waals surface area contributed by atoms with Crippen molar-refractivity contribution in [3.8, 4) is 17.1 Å². The number of carbonyl (C=O) groups is 3. The second kappa shape index (κ2) is 8.29. The van der Waals surface area contributed by atoms with Gasteiger partial charge in [-0.2, -0.15) is 0 Å². The monoisotopic (exact) mass is 439 g/mol. The first-order chi connectivity index (χ1) is 15.5. The zero-order valence-corrected chi connectivity index (χ0v) is 17.8. The molecule has 10 nitrogen and oxygen atoms in total. The number of aromatic nitrogens is 3. The van der Waals surface area contributed by atoms with E-state index in [2.05, 4.69) is 9.97 Å². The molecule has 0 spiro atoms. The maximum absolute atomic E-state index is 13.4. The molecule has 1 aliphatic carbocycles. The van der Waals surface area contributed by atoms with Gasteiger partial charge in [-0.05, 0) is 26.3 Å². The molecule has 0 fully saturated rings. The van der Waals surface area contributed by atoms with Crippen LogP contribution in [0.25, 0.3) is 16.9 Å². The lowest BCUT2D eigenvalue weighted by molar-refractivity contribution is -0.162. The highest BCUT2D eigenvalue weighted by Gasteiger charge is 2.60. The van der Waals surface area contributed by atoms with E-state index in [1.165, 1.54) is 10.6 Å². The SMILES string of the molecule is CCOC(=O)Oc1nc2c(n3ccnc13)C(C(=O)OCC)(C(=O)OCC)c1ccccc1-2. The van der Waals surface area contributed by atoms with Crippen LogP contribution in [-0.2, 0) is 29.2 Å². The van der Waals surface area contributed by atoms with Crippen LogP contribution in [0.4, 0.5) is 4.79 Å². The van der Waals surface area contributed by atoms with Gasteiger partial charge < -0.3 is 18.9 Å². The molecular weight excluding hydrogens is 418 g/mol. The largest absolute Gasteiger partial charge is 0.515 e. The Morgan fingerprint density at radius 3 is 2.28 bits per heavy atom. The fourth-order valence-corrected chi connectivity index (χ4v) is 3.92. The van der Waals surface area contributed by atoms with Crippen LogP contribution in [0.2, 0.25) is 0 Å². The zero-order valence-electron chi connectivity index (χ0n) is 17.8. The molecule has 0 unspecified atom stereocenters. The average Bonchev–Trinajstić information content (AvgIpc) is 3.36. The topological polar surface area (TPSA) is 118 Å². The molecule has 2 heterocycles. The van der Waals surface area contributed by atoms with Gasteiger partial charge in [-0.25, -0.2) is 14.8 Å². The molecule has 3 aromatic rings. The Hall–Kier alpha value is -3.95. The summed E-state index contributed by atoms with van der Waals surface area (Å²) in [6.07, 6.45) is 2.05. The molecular formula is C22H21N3O7. The Bertz CT molecular complexity index is 1200. The van der Waals surface area contributed by atoms with E-state index in [-0.39, 0.29) is 42.7 Å². The van der Waals surface area contributed by atoms with Crippen molar-refractivity contribution in [2.75, 3.05) is 19.8 Å². The fraction of sp³-hybridized carbons (Fsp3) is 0.318. The number of ether oxygens (including phenoxy) is 4. The molecule has 0 radical (unpaired) electrons. The first-order valence-corrected chi connectivity index (χ1v) is 10.2. The van der Waals surface area contributed by atoms with E-state index in [0.717, 1.165) is 0 Å². The highest BCUT2D eigenvalue weighted by molar-refractivity contribution is 6.15. The van der Waals surface area contributed by atoms with Crippen molar-refractivity contribution >= 4 is 23.7 Å². The van der Waals surface area contributed by atoms with Gasteiger partial charge in [0.05, 0.1) is 31.2 Å². The number of hydrogen-bond donors (Lipinski definition) is 0. The van der Waals surface area contributed by atoms with E-state index >= 15 is 0 Å². The summed E-state index contributed by atoms with van der Waals surface area (Å²) in [7, 11) is 0. The van der Waals surface area contributed by atoms with Gasteiger partial charge in [0.1, 0.15) is 0 Å². The minimum Gasteiger partial charge on any atom is -0.465 e. The zero-order chi connectivity index (χ0) is 22.9. The number of esters is 2. The molecule has 0 saturated carbocycles. The first-order valence-electron chi connectivity index (χ1n) is 10.2. The van der Waals surface area contributed by atoms with Crippen LogP contribution in [0.1, 0.15) is 32.0 Å². The summed E-state index contributed by atoms with van der Waals surface area (Å²) in [5.41, 5.74) is -0.448. The van der Waals surface area contributed by atoms with Gasteiger partial charge in [0, 0.05) is 18.0 Å². The highest BCUT2D eigenvalue weighted by Crippen LogP contribution is 2.50. The Kier molecular flexibility index (Phi) is 5.52. The van der Waals surface area contributed by atoms with Crippen molar-refractivity contribution in [3.63, 3.8) is 0 Å². The van der Waals surface area contributed by atoms with E-state index in [4.69, 9.17) is 18.9 Å². The first kappa shape index (κ1) is 21.3. The lowest BCUT2D eigenvalue weighted by atomic mass is 9.80. The van der Waals surface area contributed by atoms with Crippen molar-refractivity contribution in [1.82, 2.24) is 14.4 Å². The summed E-state index contributed by atoms with van der Waals surface area (Å²) < 4.78 is 22.3. The highest BCUT2D eigenvalue weighted by atomic mass is 16.7. The molecule has 32 heavy (non-hydrogen) atoms. The molecule has 0 aliphatic heterocycles. The Labute approximate surface area is 183 Å². The molecule has 1 aromatic carbocycles. The van der Waals surface area contributed by atoms with Gasteiger partial charge in [-0.1, -0.05) is 24.3 Å². The third-order valence-corrected chi connectivity index (χ3v) is 5.06. The molecule has 166 valence electrons. The Morgan fingerprint density at radius 1 is 0.969 bits per heavy atom. The van der Waals surface area contributed by atoms with E-state index < -0.39 is 23.5 Å². The van der Waals surface area contributed by atoms with Crippen LogP contribution in [0.15, 0.2) is 36.7 Å². The maximum Gasteiger partial charge on any atom is 0.515 e. The molecule has 0 amide bonds. The summed E-state index contributed by atoms with van der Waals surface area (Å²) in [4.78, 5) is 47.5. The van der Waals surface area contributed by atoms with E-state index in [0.29, 0.717) is 11.1 Å². The Morgan fingerprint density at radius 2 is 1.62 bits per heavy atom. The molecule has 1 aliphatic rings. The standard InChI is InChI=1S/C22H21N3O7/c1-4-29-19(26)22(20(27)30-5-2)14-10-8-7-9-13(14)15-16(22)25-12-11-23-17(25)18(24-15)32-21(28)31-6-3/h7-12H,4-6H2,1-3H3. The minimum atomic E-state index is -1.92. The van der Waals surface area contributed by atoms with E-state index in [1.54, 1.807) is 51.2 Å². The molecule has 0 bridgehead atoms. The third kappa shape index (κ3) is 2.98. The maximum atomic E-state index is 13.4. The van der Waals surface area contributed by atoms with Crippen LogP contribution >= 0.6 is 0 Å². The van der Waals surface area contributed by atoms with Gasteiger partial charge in [0.15, 0.2) is 0 Å². The summed E-state index contributed by atoms with van der Waals surface area (Å²) in [5.74, 6) is -1.70. The van der Waals surface area contributed by atoms with Gasteiger partial charge in [-0.15, -0.1) is 0 Å². The van der Waals surface area contributed by atoms with Crippen molar-refractivity contribution < 1.29 is 33.3 Å². The van der Waals surface area contributed by atoms with Crippen molar-refractivity contribution in [2.45, 2.75) is 26.2 Å². The normalized spacial score (nSPS) is 13.2. The van der Waals surface area contributed by atoms with Gasteiger partial charge in [0.25, 0.3) is 5.88 Å². The minimum absolute atomic E-state index is 0.0576. The molecule has 10 heteroatoms. The second-order valence-electron chi connectivity index (χ2n) is 6.76. The predicted octanol–water partition coefficient (Wildman–Crippen LogP) is 2.66. The molecule has 0 atom stereocenters. The summed E-state index contributed by atoms with van der Waals surface area (Å²) in [6.45, 7) is 5.18.